The molecule has 1 saturated carbocycles. The molecule has 0 bridgehead atoms. The Hall–Kier alpha value is -1.24. The third-order valence-corrected chi connectivity index (χ3v) is 12.7. The van der Waals surface area contributed by atoms with Crippen molar-refractivity contribution in [2.45, 2.75) is 121 Å². The third-order valence-electron chi connectivity index (χ3n) is 8.21. The summed E-state index contributed by atoms with van der Waals surface area (Å²) in [6.07, 6.45) is 9.63. The van der Waals surface area contributed by atoms with Crippen LogP contribution in [0.5, 0.6) is 0 Å². The van der Waals surface area contributed by atoms with Crippen LogP contribution < -0.4 is 0 Å². The predicted molar refractivity (Wildman–Crippen MR) is 140 cm³/mol. The number of rotatable bonds is 5. The van der Waals surface area contributed by atoms with Crippen LogP contribution in [0.3, 0.4) is 0 Å². The van der Waals surface area contributed by atoms with E-state index in [0.29, 0.717) is 0 Å². The molecule has 0 N–H and O–H groups in total. The summed E-state index contributed by atoms with van der Waals surface area (Å²) in [6.45, 7) is 18.0. The number of hydrogen-bond donors (Lipinski definition) is 0. The van der Waals surface area contributed by atoms with Crippen LogP contribution in [0.15, 0.2) is 54.6 Å². The highest BCUT2D eigenvalue weighted by Crippen LogP contribution is 2.49. The summed E-state index contributed by atoms with van der Waals surface area (Å²) in [5.41, 5.74) is 2.26. The Labute approximate surface area is 207 Å². The number of benzene rings is 1. The molecule has 3 aliphatic rings. The van der Waals surface area contributed by atoms with E-state index in [1.165, 1.54) is 6.42 Å². The lowest BCUT2D eigenvalue weighted by atomic mass is 9.90. The van der Waals surface area contributed by atoms with Crippen LogP contribution in [-0.2, 0) is 18.6 Å². The van der Waals surface area contributed by atoms with Crippen LogP contribution in [-0.4, -0.2) is 38.5 Å². The van der Waals surface area contributed by atoms with Crippen molar-refractivity contribution in [1.29, 1.82) is 0 Å². The molecule has 1 aliphatic carbocycles. The van der Waals surface area contributed by atoms with Gasteiger partial charge in [0, 0.05) is 12.8 Å². The second kappa shape index (κ2) is 10.0. The Kier molecular flexibility index (Phi) is 7.61. The highest BCUT2D eigenvalue weighted by Gasteiger charge is 2.53. The van der Waals surface area contributed by atoms with Gasteiger partial charge in [0.1, 0.15) is 18.3 Å². The average Bonchev–Trinajstić information content (AvgIpc) is 3.15. The summed E-state index contributed by atoms with van der Waals surface area (Å²) < 4.78 is 27.2. The van der Waals surface area contributed by atoms with Crippen molar-refractivity contribution in [3.8, 4) is 0 Å². The fraction of sp³-hybridized carbons (Fsp3) is 0.655. The van der Waals surface area contributed by atoms with E-state index in [0.717, 1.165) is 43.2 Å². The Morgan fingerprint density at radius 3 is 2.35 bits per heavy atom. The predicted octanol–water partition coefficient (Wildman–Crippen LogP) is 7.48. The van der Waals surface area contributed by atoms with Gasteiger partial charge in [-0.25, -0.2) is 0 Å². The monoisotopic (exact) mass is 484 g/mol. The van der Waals surface area contributed by atoms with E-state index >= 15 is 0 Å². The van der Waals surface area contributed by atoms with Gasteiger partial charge in [-0.15, -0.1) is 0 Å². The van der Waals surface area contributed by atoms with Crippen LogP contribution in [0.1, 0.15) is 77.9 Å². The van der Waals surface area contributed by atoms with Crippen molar-refractivity contribution < 1.29 is 18.6 Å². The van der Waals surface area contributed by atoms with Gasteiger partial charge in [0.2, 0.25) is 0 Å². The normalized spacial score (nSPS) is 32.5. The summed E-state index contributed by atoms with van der Waals surface area (Å²) in [7, 11) is -1.99. The Morgan fingerprint density at radius 2 is 1.74 bits per heavy atom. The Bertz CT molecular complexity index is 866. The van der Waals surface area contributed by atoms with E-state index in [4.69, 9.17) is 18.6 Å². The first kappa shape index (κ1) is 25.8. The molecule has 2 saturated heterocycles. The minimum atomic E-state index is -1.99. The van der Waals surface area contributed by atoms with Crippen LogP contribution in [0, 0.1) is 0 Å². The topological polar surface area (TPSA) is 36.9 Å². The van der Waals surface area contributed by atoms with E-state index in [1.54, 1.807) is 0 Å². The van der Waals surface area contributed by atoms with E-state index in [-0.39, 0.29) is 35.6 Å². The van der Waals surface area contributed by atoms with Crippen molar-refractivity contribution in [1.82, 2.24) is 0 Å². The molecule has 34 heavy (non-hydrogen) atoms. The standard InChI is InChI=1S/C29H44O4Si/c1-8-15-23-25(33-34(6,7)28(3,4)5)21(2)20-24(30-23)27-26(22-16-11-9-12-17-22)31-29(32-27)18-13-10-14-19-29/h8-9,11-12,15-17,23-27H,2,10,13-14,18-20H2,1,3-7H3/b15-8+/t23-,24-,25+,26+,27+/m1/s1. The fourth-order valence-corrected chi connectivity index (χ4v) is 6.52. The van der Waals surface area contributed by atoms with Gasteiger partial charge in [0.15, 0.2) is 14.1 Å². The molecule has 1 aromatic carbocycles. The minimum absolute atomic E-state index is 0.124. The van der Waals surface area contributed by atoms with Gasteiger partial charge in [-0.2, -0.15) is 0 Å². The maximum Gasteiger partial charge on any atom is 0.193 e. The maximum atomic E-state index is 6.84. The van der Waals surface area contributed by atoms with Crippen molar-refractivity contribution >= 4 is 8.32 Å². The van der Waals surface area contributed by atoms with Crippen LogP contribution in [0.4, 0.5) is 0 Å². The van der Waals surface area contributed by atoms with Gasteiger partial charge in [-0.1, -0.05) is 76.3 Å². The second-order valence-corrected chi connectivity index (χ2v) is 16.6. The first-order valence-electron chi connectivity index (χ1n) is 13.1. The molecule has 4 rings (SSSR count). The van der Waals surface area contributed by atoms with Crippen molar-refractivity contribution in [3.05, 3.63) is 60.2 Å². The number of hydrogen-bond acceptors (Lipinski definition) is 4. The average molecular weight is 485 g/mol. The number of ether oxygens (including phenoxy) is 3. The molecule has 0 aromatic heterocycles. The molecular formula is C29H44O4Si. The smallest absolute Gasteiger partial charge is 0.193 e. The van der Waals surface area contributed by atoms with Crippen molar-refractivity contribution in [2.75, 3.05) is 0 Å². The van der Waals surface area contributed by atoms with Gasteiger partial charge in [-0.3, -0.25) is 0 Å². The molecule has 0 amide bonds. The highest BCUT2D eigenvalue weighted by molar-refractivity contribution is 6.74. The molecule has 3 fully saturated rings. The molecule has 4 nitrogen and oxygen atoms in total. The van der Waals surface area contributed by atoms with E-state index in [9.17, 15) is 0 Å². The molecule has 1 spiro atoms. The lowest BCUT2D eigenvalue weighted by molar-refractivity contribution is -0.207. The summed E-state index contributed by atoms with van der Waals surface area (Å²) in [5.74, 6) is -0.487. The first-order valence-corrected chi connectivity index (χ1v) is 16.0. The quantitative estimate of drug-likeness (QED) is 0.320. The zero-order valence-electron chi connectivity index (χ0n) is 22.0. The summed E-state index contributed by atoms with van der Waals surface area (Å²) in [4.78, 5) is 0. The first-order chi connectivity index (χ1) is 16.1. The van der Waals surface area contributed by atoms with E-state index in [1.807, 2.05) is 6.92 Å². The van der Waals surface area contributed by atoms with Gasteiger partial charge in [0.25, 0.3) is 0 Å². The van der Waals surface area contributed by atoms with Gasteiger partial charge >= 0.3 is 0 Å². The lowest BCUT2D eigenvalue weighted by Crippen LogP contribution is -2.52. The highest BCUT2D eigenvalue weighted by atomic mass is 28.4. The molecular weight excluding hydrogens is 440 g/mol. The van der Waals surface area contributed by atoms with Gasteiger partial charge in [-0.05, 0) is 55.5 Å². The van der Waals surface area contributed by atoms with Crippen LogP contribution in [0.2, 0.25) is 18.1 Å². The molecule has 0 unspecified atom stereocenters. The second-order valence-electron chi connectivity index (χ2n) is 11.8. The zero-order chi connectivity index (χ0) is 24.6. The Balaban J connectivity index is 1.59. The molecule has 2 heterocycles. The fourth-order valence-electron chi connectivity index (χ4n) is 5.24. The SMILES string of the molecule is C=C1C[C@H]([C@@H]2OC3(CCCCC3)O[C@H]2c2ccccc2)O[C@H](/C=C/C)[C@H]1O[Si](C)(C)C(C)(C)C. The summed E-state index contributed by atoms with van der Waals surface area (Å²) >= 11 is 0. The number of allylic oxidation sites excluding steroid dienone is 1. The molecule has 188 valence electrons. The molecule has 0 radical (unpaired) electrons. The minimum Gasteiger partial charge on any atom is -0.407 e. The molecule has 5 heteroatoms. The maximum absolute atomic E-state index is 6.84. The molecule has 1 aromatic rings. The molecule has 5 atom stereocenters. The summed E-state index contributed by atoms with van der Waals surface area (Å²) in [5, 5.41) is 0.124. The lowest BCUT2D eigenvalue weighted by Gasteiger charge is -2.45. The van der Waals surface area contributed by atoms with Gasteiger partial charge < -0.3 is 18.6 Å². The van der Waals surface area contributed by atoms with Gasteiger partial charge in [0.05, 0.1) is 12.2 Å². The van der Waals surface area contributed by atoms with Crippen LogP contribution in [0.25, 0.3) is 0 Å². The summed E-state index contributed by atoms with van der Waals surface area (Å²) in [6, 6.07) is 10.5. The Morgan fingerprint density at radius 1 is 1.06 bits per heavy atom. The largest absolute Gasteiger partial charge is 0.407 e. The molecule has 2 aliphatic heterocycles. The zero-order valence-corrected chi connectivity index (χ0v) is 23.0. The van der Waals surface area contributed by atoms with Crippen molar-refractivity contribution in [3.63, 3.8) is 0 Å². The van der Waals surface area contributed by atoms with E-state index in [2.05, 4.69) is 82.9 Å². The van der Waals surface area contributed by atoms with Crippen LogP contribution >= 0.6 is 0 Å². The van der Waals surface area contributed by atoms with E-state index < -0.39 is 14.1 Å². The van der Waals surface area contributed by atoms with Crippen molar-refractivity contribution in [2.24, 2.45) is 0 Å². The third kappa shape index (κ3) is 5.29.